The van der Waals surface area contributed by atoms with Crippen molar-refractivity contribution in [3.05, 3.63) is 18.0 Å². The smallest absolute Gasteiger partial charge is 0.162 e. The molecule has 1 N–H and O–H groups in total. The van der Waals surface area contributed by atoms with Crippen molar-refractivity contribution in [1.29, 1.82) is 0 Å². The largest absolute Gasteiger partial charge is 0.493 e. The van der Waals surface area contributed by atoms with E-state index in [1.807, 2.05) is 19.1 Å². The highest BCUT2D eigenvalue weighted by molar-refractivity contribution is 5.91. The van der Waals surface area contributed by atoms with E-state index < -0.39 is 0 Å². The maximum atomic E-state index is 6.06. The summed E-state index contributed by atoms with van der Waals surface area (Å²) in [5.41, 5.74) is 0.840. The van der Waals surface area contributed by atoms with E-state index in [-0.39, 0.29) is 12.1 Å². The molecule has 1 fully saturated rings. The second-order valence-corrected chi connectivity index (χ2v) is 6.04. The Morgan fingerprint density at radius 1 is 1.26 bits per heavy atom. The fourth-order valence-electron chi connectivity index (χ4n) is 2.67. The van der Waals surface area contributed by atoms with E-state index in [1.165, 1.54) is 0 Å². The van der Waals surface area contributed by atoms with Gasteiger partial charge in [0, 0.05) is 23.9 Å². The zero-order valence-corrected chi connectivity index (χ0v) is 14.0. The van der Waals surface area contributed by atoms with Gasteiger partial charge in [0.05, 0.1) is 25.8 Å². The summed E-state index contributed by atoms with van der Waals surface area (Å²) >= 11 is 0. The Kier molecular flexibility index (Phi) is 4.52. The van der Waals surface area contributed by atoms with Crippen molar-refractivity contribution in [3.63, 3.8) is 0 Å². The van der Waals surface area contributed by atoms with E-state index in [9.17, 15) is 0 Å². The number of ether oxygens (including phenoxy) is 3. The van der Waals surface area contributed by atoms with Crippen LogP contribution in [0.25, 0.3) is 10.9 Å². The van der Waals surface area contributed by atoms with Gasteiger partial charge in [-0.2, -0.15) is 0 Å². The van der Waals surface area contributed by atoms with Crippen LogP contribution in [0.15, 0.2) is 12.1 Å². The number of fused-ring (bicyclic) bond motifs is 1. The minimum Gasteiger partial charge on any atom is -0.493 e. The molecule has 2 heterocycles. The van der Waals surface area contributed by atoms with Gasteiger partial charge in [0.25, 0.3) is 0 Å². The lowest BCUT2D eigenvalue weighted by atomic mass is 10.2. The van der Waals surface area contributed by atoms with Crippen LogP contribution in [0.1, 0.15) is 26.1 Å². The summed E-state index contributed by atoms with van der Waals surface area (Å²) < 4.78 is 16.9. The summed E-state index contributed by atoms with van der Waals surface area (Å²) in [4.78, 5) is 9.04. The van der Waals surface area contributed by atoms with Gasteiger partial charge in [-0.25, -0.2) is 9.97 Å². The molecule has 2 aromatic rings. The topological polar surface area (TPSA) is 65.5 Å². The molecule has 3 rings (SSSR count). The van der Waals surface area contributed by atoms with E-state index in [0.29, 0.717) is 18.1 Å². The van der Waals surface area contributed by atoms with Gasteiger partial charge in [-0.1, -0.05) is 0 Å². The molecular weight excluding hydrogens is 294 g/mol. The highest BCUT2D eigenvalue weighted by atomic mass is 16.6. The number of aromatic nitrogens is 2. The van der Waals surface area contributed by atoms with Crippen molar-refractivity contribution in [2.75, 3.05) is 25.6 Å². The van der Waals surface area contributed by atoms with Crippen LogP contribution in [-0.4, -0.2) is 42.4 Å². The van der Waals surface area contributed by atoms with Gasteiger partial charge >= 0.3 is 0 Å². The number of nitrogens with one attached hydrogen (secondary N) is 1. The number of hydrogen-bond acceptors (Lipinski definition) is 6. The minimum absolute atomic E-state index is 0.0641. The molecule has 0 saturated carbocycles. The van der Waals surface area contributed by atoms with Crippen molar-refractivity contribution >= 4 is 16.7 Å². The van der Waals surface area contributed by atoms with E-state index in [4.69, 9.17) is 14.2 Å². The predicted molar refractivity (Wildman–Crippen MR) is 89.4 cm³/mol. The average Bonchev–Trinajstić information content (AvgIpc) is 2.99. The number of hydrogen-bond donors (Lipinski definition) is 1. The Balaban J connectivity index is 2.06. The molecule has 0 unspecified atom stereocenters. The summed E-state index contributed by atoms with van der Waals surface area (Å²) in [7, 11) is 1.64. The van der Waals surface area contributed by atoms with Crippen LogP contribution in [-0.2, 0) is 4.74 Å². The van der Waals surface area contributed by atoms with E-state index in [2.05, 4.69) is 29.1 Å². The number of nitrogens with zero attached hydrogens (tertiary/aromatic N) is 2. The van der Waals surface area contributed by atoms with E-state index in [1.54, 1.807) is 7.11 Å². The lowest BCUT2D eigenvalue weighted by Crippen LogP contribution is -2.16. The predicted octanol–water partition coefficient (Wildman–Crippen LogP) is 2.93. The van der Waals surface area contributed by atoms with Gasteiger partial charge in [0.1, 0.15) is 17.7 Å². The van der Waals surface area contributed by atoms with Gasteiger partial charge in [-0.15, -0.1) is 0 Å². The molecule has 0 bridgehead atoms. The highest BCUT2D eigenvalue weighted by Gasteiger charge is 2.20. The van der Waals surface area contributed by atoms with Crippen LogP contribution in [0, 0.1) is 6.92 Å². The first-order valence-electron chi connectivity index (χ1n) is 7.94. The van der Waals surface area contributed by atoms with Crippen LogP contribution >= 0.6 is 0 Å². The molecule has 1 aromatic heterocycles. The monoisotopic (exact) mass is 317 g/mol. The SMILES string of the molecule is COc1cc2nc(C)nc(NC(C)C)c2cc1O[C@H]1CCOC1. The first-order chi connectivity index (χ1) is 11.1. The molecule has 1 atom stereocenters. The second-order valence-electron chi connectivity index (χ2n) is 6.04. The summed E-state index contributed by atoms with van der Waals surface area (Å²) in [5.74, 6) is 2.92. The van der Waals surface area contributed by atoms with Gasteiger partial charge in [0.2, 0.25) is 0 Å². The third-order valence-corrected chi connectivity index (χ3v) is 3.70. The van der Waals surface area contributed by atoms with E-state index in [0.717, 1.165) is 35.6 Å². The number of rotatable bonds is 5. The molecule has 0 spiro atoms. The second kappa shape index (κ2) is 6.58. The number of benzene rings is 1. The molecule has 0 radical (unpaired) electrons. The molecule has 124 valence electrons. The van der Waals surface area contributed by atoms with Gasteiger partial charge in [-0.3, -0.25) is 0 Å². The third-order valence-electron chi connectivity index (χ3n) is 3.70. The molecule has 6 nitrogen and oxygen atoms in total. The van der Waals surface area contributed by atoms with Crippen LogP contribution in [0.4, 0.5) is 5.82 Å². The van der Waals surface area contributed by atoms with Crippen LogP contribution in [0.5, 0.6) is 11.5 Å². The fourth-order valence-corrected chi connectivity index (χ4v) is 2.67. The van der Waals surface area contributed by atoms with Crippen molar-refractivity contribution in [1.82, 2.24) is 9.97 Å². The molecular formula is C17H23N3O3. The lowest BCUT2D eigenvalue weighted by Gasteiger charge is -2.17. The molecule has 6 heteroatoms. The van der Waals surface area contributed by atoms with Crippen LogP contribution in [0.2, 0.25) is 0 Å². The minimum atomic E-state index is 0.0641. The Hall–Kier alpha value is -2.08. The number of aryl methyl sites for hydroxylation is 1. The highest BCUT2D eigenvalue weighted by Crippen LogP contribution is 2.35. The zero-order chi connectivity index (χ0) is 16.4. The molecule has 23 heavy (non-hydrogen) atoms. The average molecular weight is 317 g/mol. The van der Waals surface area contributed by atoms with Crippen LogP contribution < -0.4 is 14.8 Å². The molecule has 1 saturated heterocycles. The summed E-state index contributed by atoms with van der Waals surface area (Å²) in [6.07, 6.45) is 0.956. The maximum Gasteiger partial charge on any atom is 0.162 e. The standard InChI is InChI=1S/C17H23N3O3/c1-10(2)18-17-13-7-16(23-12-5-6-22-9-12)15(21-4)8-14(13)19-11(3)20-17/h7-8,10,12H,5-6,9H2,1-4H3,(H,18,19,20)/t12-/m0/s1. The Bertz CT molecular complexity index is 697. The van der Waals surface area contributed by atoms with Crippen LogP contribution in [0.3, 0.4) is 0 Å². The van der Waals surface area contributed by atoms with E-state index >= 15 is 0 Å². The van der Waals surface area contributed by atoms with Gasteiger partial charge in [-0.05, 0) is 26.8 Å². The Morgan fingerprint density at radius 2 is 2.09 bits per heavy atom. The number of anilines is 1. The Morgan fingerprint density at radius 3 is 2.74 bits per heavy atom. The summed E-state index contributed by atoms with van der Waals surface area (Å²) in [6.45, 7) is 7.41. The fraction of sp³-hybridized carbons (Fsp3) is 0.529. The molecule has 1 aliphatic rings. The molecule has 0 amide bonds. The van der Waals surface area contributed by atoms with Crippen molar-refractivity contribution < 1.29 is 14.2 Å². The molecule has 1 aliphatic heterocycles. The lowest BCUT2D eigenvalue weighted by molar-refractivity contribution is 0.139. The third kappa shape index (κ3) is 3.47. The summed E-state index contributed by atoms with van der Waals surface area (Å²) in [6, 6.07) is 4.14. The van der Waals surface area contributed by atoms with Gasteiger partial charge in [0.15, 0.2) is 11.5 Å². The quantitative estimate of drug-likeness (QED) is 0.914. The number of methoxy groups -OCH3 is 1. The molecule has 0 aliphatic carbocycles. The zero-order valence-electron chi connectivity index (χ0n) is 14.0. The normalized spacial score (nSPS) is 17.7. The first-order valence-corrected chi connectivity index (χ1v) is 7.94. The van der Waals surface area contributed by atoms with Crippen molar-refractivity contribution in [3.8, 4) is 11.5 Å². The summed E-state index contributed by atoms with van der Waals surface area (Å²) in [5, 5.41) is 4.30. The Labute approximate surface area is 136 Å². The van der Waals surface area contributed by atoms with Crippen molar-refractivity contribution in [2.45, 2.75) is 39.3 Å². The first kappa shape index (κ1) is 15.8. The molecule has 1 aromatic carbocycles. The van der Waals surface area contributed by atoms with Gasteiger partial charge < -0.3 is 19.5 Å². The van der Waals surface area contributed by atoms with Crippen molar-refractivity contribution in [2.24, 2.45) is 0 Å². The maximum absolute atomic E-state index is 6.06.